The summed E-state index contributed by atoms with van der Waals surface area (Å²) in [6.07, 6.45) is 3.41. The van der Waals surface area contributed by atoms with E-state index in [9.17, 15) is 4.79 Å². The molecule has 1 aliphatic rings. The number of likely N-dealkylation sites (tertiary alicyclic amines) is 1. The van der Waals surface area contributed by atoms with Crippen molar-refractivity contribution in [1.29, 1.82) is 0 Å². The highest BCUT2D eigenvalue weighted by molar-refractivity contribution is 5.90. The highest BCUT2D eigenvalue weighted by Gasteiger charge is 2.37. The van der Waals surface area contributed by atoms with Crippen molar-refractivity contribution < 1.29 is 9.32 Å². The van der Waals surface area contributed by atoms with Crippen LogP contribution in [0.25, 0.3) is 11.4 Å². The van der Waals surface area contributed by atoms with Crippen LogP contribution in [0.3, 0.4) is 0 Å². The highest BCUT2D eigenvalue weighted by atomic mass is 16.5. The van der Waals surface area contributed by atoms with Gasteiger partial charge in [-0.15, -0.1) is 0 Å². The van der Waals surface area contributed by atoms with Crippen molar-refractivity contribution >= 4 is 11.7 Å². The first-order valence-corrected chi connectivity index (χ1v) is 9.38. The number of anilines is 1. The van der Waals surface area contributed by atoms with Crippen molar-refractivity contribution in [3.63, 3.8) is 0 Å². The predicted molar refractivity (Wildman–Crippen MR) is 106 cm³/mol. The van der Waals surface area contributed by atoms with Gasteiger partial charge in [0.05, 0.1) is 5.92 Å². The van der Waals surface area contributed by atoms with Crippen LogP contribution in [0.5, 0.6) is 0 Å². The summed E-state index contributed by atoms with van der Waals surface area (Å²) in [4.78, 5) is 23.2. The minimum Gasteiger partial charge on any atom is -0.339 e. The van der Waals surface area contributed by atoms with E-state index in [1.807, 2.05) is 49.1 Å². The van der Waals surface area contributed by atoms with E-state index in [-0.39, 0.29) is 17.9 Å². The van der Waals surface area contributed by atoms with Gasteiger partial charge in [0.25, 0.3) is 0 Å². The molecule has 3 heterocycles. The van der Waals surface area contributed by atoms with Crippen molar-refractivity contribution in [1.82, 2.24) is 20.0 Å². The van der Waals surface area contributed by atoms with Gasteiger partial charge in [-0.2, -0.15) is 4.98 Å². The Kier molecular flexibility index (Phi) is 4.81. The lowest BCUT2D eigenvalue weighted by molar-refractivity contribution is 0.220. The minimum atomic E-state index is -0.102. The SMILES string of the molecule is Cc1ccc(C)c(NC(=O)N2CC(C)C(c3nc(-c4cccnc4)no3)C2)c1. The number of carbonyl (C=O) groups excluding carboxylic acids is 1. The summed E-state index contributed by atoms with van der Waals surface area (Å²) < 4.78 is 5.51. The summed E-state index contributed by atoms with van der Waals surface area (Å²) in [5, 5.41) is 7.11. The molecular formula is C21H23N5O2. The fraction of sp³-hybridized carbons (Fsp3) is 0.333. The van der Waals surface area contributed by atoms with Crippen LogP contribution >= 0.6 is 0 Å². The molecule has 7 nitrogen and oxygen atoms in total. The zero-order valence-corrected chi connectivity index (χ0v) is 16.2. The van der Waals surface area contributed by atoms with Crippen LogP contribution in [-0.2, 0) is 0 Å². The number of benzene rings is 1. The fourth-order valence-electron chi connectivity index (χ4n) is 3.52. The number of amides is 2. The molecule has 1 aromatic carbocycles. The molecule has 0 radical (unpaired) electrons. The van der Waals surface area contributed by atoms with E-state index in [1.165, 1.54) is 0 Å². The summed E-state index contributed by atoms with van der Waals surface area (Å²) in [7, 11) is 0. The normalized spacial score (nSPS) is 19.0. The van der Waals surface area contributed by atoms with Gasteiger partial charge in [-0.05, 0) is 49.1 Å². The van der Waals surface area contributed by atoms with Gasteiger partial charge in [-0.1, -0.05) is 24.2 Å². The van der Waals surface area contributed by atoms with E-state index in [1.54, 1.807) is 12.4 Å². The highest BCUT2D eigenvalue weighted by Crippen LogP contribution is 2.33. The second-order valence-electron chi connectivity index (χ2n) is 7.44. The molecule has 1 aliphatic heterocycles. The van der Waals surface area contributed by atoms with Crippen LogP contribution < -0.4 is 5.32 Å². The fourth-order valence-corrected chi connectivity index (χ4v) is 3.52. The third kappa shape index (κ3) is 3.60. The van der Waals surface area contributed by atoms with Crippen molar-refractivity contribution in [3.8, 4) is 11.4 Å². The van der Waals surface area contributed by atoms with E-state index in [0.717, 1.165) is 22.4 Å². The van der Waals surface area contributed by atoms with Gasteiger partial charge >= 0.3 is 6.03 Å². The maximum absolute atomic E-state index is 12.8. The van der Waals surface area contributed by atoms with Gasteiger partial charge in [-0.3, -0.25) is 4.98 Å². The topological polar surface area (TPSA) is 84.2 Å². The molecule has 1 fully saturated rings. The third-order valence-corrected chi connectivity index (χ3v) is 5.21. The lowest BCUT2D eigenvalue weighted by atomic mass is 9.98. The number of rotatable bonds is 3. The first-order valence-electron chi connectivity index (χ1n) is 9.38. The maximum Gasteiger partial charge on any atom is 0.321 e. The Morgan fingerprint density at radius 2 is 2.11 bits per heavy atom. The van der Waals surface area contributed by atoms with Crippen molar-refractivity contribution in [3.05, 3.63) is 59.7 Å². The molecular weight excluding hydrogens is 354 g/mol. The molecule has 2 unspecified atom stereocenters. The summed E-state index contributed by atoms with van der Waals surface area (Å²) in [6.45, 7) is 7.30. The molecule has 0 spiro atoms. The standard InChI is InChI=1S/C21H23N5O2/c1-13-6-7-14(2)18(9-13)23-21(27)26-11-15(3)17(12-26)20-24-19(25-28-20)16-5-4-8-22-10-16/h4-10,15,17H,11-12H2,1-3H3,(H,23,27). The number of hydrogen-bond donors (Lipinski definition) is 1. The van der Waals surface area contributed by atoms with E-state index >= 15 is 0 Å². The second-order valence-corrected chi connectivity index (χ2v) is 7.44. The van der Waals surface area contributed by atoms with Crippen molar-refractivity contribution in [2.24, 2.45) is 5.92 Å². The Morgan fingerprint density at radius 3 is 2.89 bits per heavy atom. The average Bonchev–Trinajstić information content (AvgIpc) is 3.32. The van der Waals surface area contributed by atoms with Crippen LogP contribution in [0.1, 0.15) is 29.9 Å². The number of nitrogens with zero attached hydrogens (tertiary/aromatic N) is 4. The number of urea groups is 1. The number of hydrogen-bond acceptors (Lipinski definition) is 5. The molecule has 4 rings (SSSR count). The Labute approximate surface area is 163 Å². The number of aryl methyl sites for hydroxylation is 2. The summed E-state index contributed by atoms with van der Waals surface area (Å²) in [5.74, 6) is 1.33. The molecule has 28 heavy (non-hydrogen) atoms. The van der Waals surface area contributed by atoms with Crippen LogP contribution in [0, 0.1) is 19.8 Å². The van der Waals surface area contributed by atoms with Crippen molar-refractivity contribution in [2.45, 2.75) is 26.7 Å². The third-order valence-electron chi connectivity index (χ3n) is 5.21. The Morgan fingerprint density at radius 1 is 1.25 bits per heavy atom. The van der Waals surface area contributed by atoms with Gasteiger partial charge in [-0.25, -0.2) is 4.79 Å². The molecule has 0 saturated carbocycles. The number of pyridine rings is 1. The molecule has 2 amide bonds. The lowest BCUT2D eigenvalue weighted by Gasteiger charge is -2.18. The first-order chi connectivity index (χ1) is 13.5. The molecule has 1 N–H and O–H groups in total. The predicted octanol–water partition coefficient (Wildman–Crippen LogP) is 4.02. The largest absolute Gasteiger partial charge is 0.339 e. The Hall–Kier alpha value is -3.22. The molecule has 0 bridgehead atoms. The Bertz CT molecular complexity index is 985. The van der Waals surface area contributed by atoms with E-state index < -0.39 is 0 Å². The maximum atomic E-state index is 12.8. The Balaban J connectivity index is 1.47. The number of carbonyl (C=O) groups is 1. The van der Waals surface area contributed by atoms with Crippen molar-refractivity contribution in [2.75, 3.05) is 18.4 Å². The van der Waals surface area contributed by atoms with Gasteiger partial charge in [0.2, 0.25) is 11.7 Å². The summed E-state index contributed by atoms with van der Waals surface area (Å²) in [5.41, 5.74) is 3.81. The smallest absolute Gasteiger partial charge is 0.321 e. The van der Waals surface area contributed by atoms with E-state index in [2.05, 4.69) is 27.4 Å². The molecule has 3 aromatic rings. The van der Waals surface area contributed by atoms with Crippen LogP contribution in [0.4, 0.5) is 10.5 Å². The van der Waals surface area contributed by atoms with Gasteiger partial charge in [0.15, 0.2) is 0 Å². The van der Waals surface area contributed by atoms with Crippen LogP contribution in [0.15, 0.2) is 47.2 Å². The summed E-state index contributed by atoms with van der Waals surface area (Å²) >= 11 is 0. The minimum absolute atomic E-state index is 0.0160. The van der Waals surface area contributed by atoms with Gasteiger partial charge < -0.3 is 14.7 Å². The zero-order valence-electron chi connectivity index (χ0n) is 16.2. The van der Waals surface area contributed by atoms with Gasteiger partial charge in [0.1, 0.15) is 0 Å². The summed E-state index contributed by atoms with van der Waals surface area (Å²) in [6, 6.07) is 9.66. The van der Waals surface area contributed by atoms with Gasteiger partial charge in [0, 0.05) is 36.7 Å². The second kappa shape index (κ2) is 7.42. The first kappa shape index (κ1) is 18.2. The molecule has 1 saturated heterocycles. The molecule has 2 aromatic heterocycles. The quantitative estimate of drug-likeness (QED) is 0.745. The number of aromatic nitrogens is 3. The molecule has 7 heteroatoms. The molecule has 0 aliphatic carbocycles. The van der Waals surface area contributed by atoms with E-state index in [0.29, 0.717) is 24.8 Å². The zero-order chi connectivity index (χ0) is 19.7. The monoisotopic (exact) mass is 377 g/mol. The molecule has 144 valence electrons. The van der Waals surface area contributed by atoms with E-state index in [4.69, 9.17) is 4.52 Å². The molecule has 2 atom stereocenters. The number of nitrogens with one attached hydrogen (secondary N) is 1. The lowest BCUT2D eigenvalue weighted by Crippen LogP contribution is -2.33. The average molecular weight is 377 g/mol. The van der Waals surface area contributed by atoms with Crippen LogP contribution in [-0.4, -0.2) is 39.1 Å². The van der Waals surface area contributed by atoms with Crippen LogP contribution in [0.2, 0.25) is 0 Å².